The zero-order valence-electron chi connectivity index (χ0n) is 18.1. The maximum absolute atomic E-state index is 12.1. The molecule has 2 N–H and O–H groups in total. The zero-order chi connectivity index (χ0) is 21.2. The van der Waals surface area contributed by atoms with Gasteiger partial charge in [0.15, 0.2) is 0 Å². The number of carbonyl (C=O) groups excluding carboxylic acids is 2. The lowest BCUT2D eigenvalue weighted by molar-refractivity contribution is -0.152. The molecule has 0 saturated carbocycles. The van der Waals surface area contributed by atoms with E-state index in [9.17, 15) is 14.4 Å². The van der Waals surface area contributed by atoms with Gasteiger partial charge in [0.2, 0.25) is 5.91 Å². The van der Waals surface area contributed by atoms with Crippen LogP contribution in [0, 0.1) is 0 Å². The van der Waals surface area contributed by atoms with Gasteiger partial charge in [-0.1, -0.05) is 71.1 Å². The lowest BCUT2D eigenvalue weighted by atomic mass is 10.0. The van der Waals surface area contributed by atoms with Crippen molar-refractivity contribution in [2.75, 3.05) is 0 Å². The monoisotopic (exact) mass is 399 g/mol. The van der Waals surface area contributed by atoms with Gasteiger partial charge in [0.25, 0.3) is 0 Å². The fourth-order valence-electron chi connectivity index (χ4n) is 3.05. The van der Waals surface area contributed by atoms with Crippen molar-refractivity contribution < 1.29 is 24.2 Å². The third-order valence-electron chi connectivity index (χ3n) is 4.63. The number of nitrogens with one attached hydrogen (secondary N) is 1. The molecule has 0 bridgehead atoms. The molecule has 28 heavy (non-hydrogen) atoms. The minimum Gasteiger partial charge on any atom is -0.481 e. The standard InChI is InChI=1S/C22H41NO5/c1-4-5-6-7-8-9-10-11-12-13-14-15-20(24)23-19(16-17-21(25)26)22(27)28-18(2)3/h18-19H,4-17H2,1-3H3,(H,23,24)(H,25,26)/t19-/m0/s1. The van der Waals surface area contributed by atoms with Gasteiger partial charge in [-0.3, -0.25) is 9.59 Å². The van der Waals surface area contributed by atoms with Crippen LogP contribution in [0.1, 0.15) is 111 Å². The molecule has 0 spiro atoms. The van der Waals surface area contributed by atoms with Gasteiger partial charge in [-0.05, 0) is 26.7 Å². The van der Waals surface area contributed by atoms with Gasteiger partial charge in [-0.25, -0.2) is 4.79 Å². The lowest BCUT2D eigenvalue weighted by Crippen LogP contribution is -2.42. The van der Waals surface area contributed by atoms with Crippen molar-refractivity contribution in [2.24, 2.45) is 0 Å². The molecule has 0 radical (unpaired) electrons. The summed E-state index contributed by atoms with van der Waals surface area (Å²) in [5.41, 5.74) is 0. The zero-order valence-corrected chi connectivity index (χ0v) is 18.1. The Morgan fingerprint density at radius 2 is 1.32 bits per heavy atom. The van der Waals surface area contributed by atoms with E-state index in [1.807, 2.05) is 0 Å². The SMILES string of the molecule is CCCCCCCCCCCCCC(=O)N[C@@H](CCC(=O)O)C(=O)OC(C)C. The molecule has 0 aliphatic heterocycles. The first kappa shape index (κ1) is 26.4. The Balaban J connectivity index is 3.89. The van der Waals surface area contributed by atoms with E-state index < -0.39 is 18.0 Å². The van der Waals surface area contributed by atoms with E-state index in [2.05, 4.69) is 12.2 Å². The maximum Gasteiger partial charge on any atom is 0.328 e. The molecule has 0 aliphatic rings. The van der Waals surface area contributed by atoms with Crippen molar-refractivity contribution in [3.63, 3.8) is 0 Å². The molecule has 0 rings (SSSR count). The summed E-state index contributed by atoms with van der Waals surface area (Å²) in [5.74, 6) is -1.78. The Morgan fingerprint density at radius 1 is 0.821 bits per heavy atom. The molecule has 0 aromatic rings. The summed E-state index contributed by atoms with van der Waals surface area (Å²) in [4.78, 5) is 34.9. The maximum atomic E-state index is 12.1. The fourth-order valence-corrected chi connectivity index (χ4v) is 3.05. The van der Waals surface area contributed by atoms with E-state index in [1.165, 1.54) is 51.4 Å². The van der Waals surface area contributed by atoms with Gasteiger partial charge in [-0.15, -0.1) is 0 Å². The van der Waals surface area contributed by atoms with E-state index in [0.29, 0.717) is 6.42 Å². The molecule has 6 nitrogen and oxygen atoms in total. The first-order valence-corrected chi connectivity index (χ1v) is 11.1. The molecule has 164 valence electrons. The van der Waals surface area contributed by atoms with Crippen molar-refractivity contribution in [2.45, 2.75) is 123 Å². The molecular formula is C22H41NO5. The number of unbranched alkanes of at least 4 members (excludes halogenated alkanes) is 10. The van der Waals surface area contributed by atoms with Gasteiger partial charge in [0.05, 0.1) is 6.10 Å². The van der Waals surface area contributed by atoms with Crippen LogP contribution in [-0.4, -0.2) is 35.1 Å². The number of carbonyl (C=O) groups is 3. The van der Waals surface area contributed by atoms with E-state index in [-0.39, 0.29) is 24.9 Å². The first-order chi connectivity index (χ1) is 13.4. The normalized spacial score (nSPS) is 12.0. The molecule has 6 heteroatoms. The van der Waals surface area contributed by atoms with Crippen LogP contribution in [0.3, 0.4) is 0 Å². The summed E-state index contributed by atoms with van der Waals surface area (Å²) in [6.07, 6.45) is 13.2. The van der Waals surface area contributed by atoms with E-state index >= 15 is 0 Å². The summed E-state index contributed by atoms with van der Waals surface area (Å²) in [6, 6.07) is -0.890. The number of aliphatic carboxylic acids is 1. The van der Waals surface area contributed by atoms with Crippen molar-refractivity contribution >= 4 is 17.8 Å². The number of ether oxygens (including phenoxy) is 1. The van der Waals surface area contributed by atoms with Crippen LogP contribution in [-0.2, 0) is 19.1 Å². The quantitative estimate of drug-likeness (QED) is 0.250. The summed E-state index contributed by atoms with van der Waals surface area (Å²) in [7, 11) is 0. The lowest BCUT2D eigenvalue weighted by Gasteiger charge is -2.18. The van der Waals surface area contributed by atoms with Gasteiger partial charge < -0.3 is 15.2 Å². The van der Waals surface area contributed by atoms with Gasteiger partial charge >= 0.3 is 11.9 Å². The molecule has 0 fully saturated rings. The second-order valence-electron chi connectivity index (χ2n) is 7.82. The predicted octanol–water partition coefficient (Wildman–Crippen LogP) is 4.99. The van der Waals surface area contributed by atoms with E-state index in [1.54, 1.807) is 13.8 Å². The van der Waals surface area contributed by atoms with Crippen LogP contribution >= 0.6 is 0 Å². The van der Waals surface area contributed by atoms with Crippen LogP contribution in [0.25, 0.3) is 0 Å². The third kappa shape index (κ3) is 16.6. The van der Waals surface area contributed by atoms with Gasteiger partial charge in [0.1, 0.15) is 6.04 Å². The van der Waals surface area contributed by atoms with Crippen molar-refractivity contribution in [3.8, 4) is 0 Å². The highest BCUT2D eigenvalue weighted by molar-refractivity contribution is 5.84. The average Bonchev–Trinajstić information content (AvgIpc) is 2.62. The van der Waals surface area contributed by atoms with Crippen LogP contribution in [0.5, 0.6) is 0 Å². The molecule has 0 aromatic carbocycles. The number of rotatable bonds is 18. The van der Waals surface area contributed by atoms with Gasteiger partial charge in [-0.2, -0.15) is 0 Å². The minimum atomic E-state index is -0.998. The Morgan fingerprint density at radius 3 is 1.79 bits per heavy atom. The van der Waals surface area contributed by atoms with Crippen molar-refractivity contribution in [3.05, 3.63) is 0 Å². The van der Waals surface area contributed by atoms with Gasteiger partial charge in [0, 0.05) is 12.8 Å². The first-order valence-electron chi connectivity index (χ1n) is 11.1. The number of carboxylic acids is 1. The summed E-state index contributed by atoms with van der Waals surface area (Å²) in [6.45, 7) is 5.67. The number of amides is 1. The van der Waals surface area contributed by atoms with Crippen molar-refractivity contribution in [1.29, 1.82) is 0 Å². The topological polar surface area (TPSA) is 92.7 Å². The predicted molar refractivity (Wildman–Crippen MR) is 111 cm³/mol. The van der Waals surface area contributed by atoms with Crippen LogP contribution < -0.4 is 5.32 Å². The highest BCUT2D eigenvalue weighted by Crippen LogP contribution is 2.12. The number of esters is 1. The summed E-state index contributed by atoms with van der Waals surface area (Å²) < 4.78 is 5.11. The Kier molecular flexibility index (Phi) is 16.5. The van der Waals surface area contributed by atoms with Crippen molar-refractivity contribution in [1.82, 2.24) is 5.32 Å². The highest BCUT2D eigenvalue weighted by Gasteiger charge is 2.23. The molecule has 0 aromatic heterocycles. The molecule has 1 atom stereocenters. The molecular weight excluding hydrogens is 358 g/mol. The van der Waals surface area contributed by atoms with Crippen LogP contribution in [0.4, 0.5) is 0 Å². The molecule has 0 unspecified atom stereocenters. The number of hydrogen-bond donors (Lipinski definition) is 2. The second kappa shape index (κ2) is 17.5. The molecule has 1 amide bonds. The largest absolute Gasteiger partial charge is 0.481 e. The highest BCUT2D eigenvalue weighted by atomic mass is 16.5. The molecule has 0 heterocycles. The smallest absolute Gasteiger partial charge is 0.328 e. The van der Waals surface area contributed by atoms with E-state index in [4.69, 9.17) is 9.84 Å². The Hall–Kier alpha value is -1.59. The summed E-state index contributed by atoms with van der Waals surface area (Å²) >= 11 is 0. The average molecular weight is 400 g/mol. The second-order valence-corrected chi connectivity index (χ2v) is 7.82. The Labute approximate surface area is 170 Å². The van der Waals surface area contributed by atoms with Crippen LogP contribution in [0.2, 0.25) is 0 Å². The Bertz CT molecular complexity index is 437. The van der Waals surface area contributed by atoms with E-state index in [0.717, 1.165) is 19.3 Å². The summed E-state index contributed by atoms with van der Waals surface area (Å²) in [5, 5.41) is 11.4. The van der Waals surface area contributed by atoms with Crippen LogP contribution in [0.15, 0.2) is 0 Å². The molecule has 0 saturated heterocycles. The molecule has 0 aliphatic carbocycles. The number of carboxylic acid groups (broad SMARTS) is 1. The fraction of sp³-hybridized carbons (Fsp3) is 0.864. The third-order valence-corrected chi connectivity index (χ3v) is 4.63. The minimum absolute atomic E-state index is 0.0465. The number of hydrogen-bond acceptors (Lipinski definition) is 4.